The number of nitrogens with two attached hydrogens (primary N) is 1. The molecule has 0 heterocycles. The Balaban J connectivity index is 2.80. The van der Waals surface area contributed by atoms with Crippen LogP contribution in [0.4, 0.5) is 4.79 Å². The maximum Gasteiger partial charge on any atom is 0.332 e. The molecule has 0 aromatic carbocycles. The van der Waals surface area contributed by atoms with E-state index in [1.54, 1.807) is 13.8 Å². The van der Waals surface area contributed by atoms with Crippen LogP contribution in [0.1, 0.15) is 33.1 Å². The van der Waals surface area contributed by atoms with E-state index in [-0.39, 0.29) is 5.97 Å². The Bertz CT molecular complexity index is 327. The van der Waals surface area contributed by atoms with Crippen molar-refractivity contribution >= 4 is 17.7 Å². The van der Waals surface area contributed by atoms with Crippen molar-refractivity contribution in [1.29, 1.82) is 0 Å². The highest BCUT2D eigenvalue weighted by atomic mass is 16.5. The minimum Gasteiger partial charge on any atom is -0.465 e. The molecule has 0 saturated heterocycles. The summed E-state index contributed by atoms with van der Waals surface area (Å²) in [6.07, 6.45) is 2.22. The van der Waals surface area contributed by atoms with Crippen molar-refractivity contribution in [3.8, 4) is 0 Å². The number of hydrogen-bond donors (Lipinski definition) is 2. The van der Waals surface area contributed by atoms with Crippen molar-refractivity contribution < 1.29 is 14.3 Å². The lowest BCUT2D eigenvalue weighted by atomic mass is 9.87. The summed E-state index contributed by atoms with van der Waals surface area (Å²) in [5.74, 6) is -0.294. The van der Waals surface area contributed by atoms with Gasteiger partial charge in [0.25, 0.3) is 0 Å². The molecule has 6 nitrogen and oxygen atoms in total. The second kappa shape index (κ2) is 4.96. The zero-order valence-electron chi connectivity index (χ0n) is 9.58. The van der Waals surface area contributed by atoms with Gasteiger partial charge in [-0.25, -0.2) is 10.2 Å². The summed E-state index contributed by atoms with van der Waals surface area (Å²) in [4.78, 5) is 22.3. The van der Waals surface area contributed by atoms with Gasteiger partial charge < -0.3 is 10.5 Å². The Morgan fingerprint density at radius 3 is 2.88 bits per heavy atom. The molecule has 2 amide bonds. The fourth-order valence-corrected chi connectivity index (χ4v) is 1.84. The molecular formula is C10H17N3O3. The van der Waals surface area contributed by atoms with Crippen LogP contribution in [-0.4, -0.2) is 24.3 Å². The Kier molecular flexibility index (Phi) is 3.87. The Labute approximate surface area is 94.2 Å². The number of rotatable bonds is 3. The molecule has 0 spiro atoms. The molecule has 1 fully saturated rings. The van der Waals surface area contributed by atoms with Crippen LogP contribution in [0.25, 0.3) is 0 Å². The average Bonchev–Trinajstić information content (AvgIpc) is 2.58. The predicted octanol–water partition coefficient (Wildman–Crippen LogP) is 0.764. The summed E-state index contributed by atoms with van der Waals surface area (Å²) in [7, 11) is 0. The fraction of sp³-hybridized carbons (Fsp3) is 0.700. The largest absolute Gasteiger partial charge is 0.465 e. The van der Waals surface area contributed by atoms with Crippen molar-refractivity contribution in [1.82, 2.24) is 5.43 Å². The maximum absolute atomic E-state index is 11.8. The number of nitrogens with zero attached hydrogens (tertiary/aromatic N) is 1. The van der Waals surface area contributed by atoms with Gasteiger partial charge in [0.1, 0.15) is 5.41 Å². The van der Waals surface area contributed by atoms with E-state index in [0.29, 0.717) is 25.2 Å². The van der Waals surface area contributed by atoms with Gasteiger partial charge in [0.15, 0.2) is 0 Å². The molecule has 1 rings (SSSR count). The molecule has 0 radical (unpaired) electrons. The summed E-state index contributed by atoms with van der Waals surface area (Å²) in [5.41, 5.74) is 6.98. The van der Waals surface area contributed by atoms with Crippen LogP contribution in [0, 0.1) is 5.41 Å². The number of hydrazone groups is 1. The minimum atomic E-state index is -0.731. The molecule has 0 bridgehead atoms. The van der Waals surface area contributed by atoms with Crippen LogP contribution in [0.15, 0.2) is 5.10 Å². The number of urea groups is 1. The van der Waals surface area contributed by atoms with Gasteiger partial charge in [0.2, 0.25) is 0 Å². The number of carbonyl (C=O) groups excluding carboxylic acids is 2. The minimum absolute atomic E-state index is 0.294. The van der Waals surface area contributed by atoms with E-state index >= 15 is 0 Å². The second-order valence-corrected chi connectivity index (χ2v) is 3.94. The average molecular weight is 227 g/mol. The van der Waals surface area contributed by atoms with Crippen molar-refractivity contribution in [3.63, 3.8) is 0 Å². The first-order valence-electron chi connectivity index (χ1n) is 5.30. The Hall–Kier alpha value is -1.59. The molecule has 0 aliphatic heterocycles. The van der Waals surface area contributed by atoms with Crippen molar-refractivity contribution in [2.75, 3.05) is 6.61 Å². The molecule has 0 aromatic rings. The van der Waals surface area contributed by atoms with Gasteiger partial charge in [0.05, 0.1) is 12.3 Å². The molecule has 0 aromatic heterocycles. The van der Waals surface area contributed by atoms with Crippen LogP contribution in [0.2, 0.25) is 0 Å². The molecule has 1 saturated carbocycles. The third-order valence-electron chi connectivity index (χ3n) is 2.75. The molecular weight excluding hydrogens is 210 g/mol. The van der Waals surface area contributed by atoms with Crippen molar-refractivity contribution in [2.24, 2.45) is 16.3 Å². The van der Waals surface area contributed by atoms with Crippen LogP contribution in [0.3, 0.4) is 0 Å². The molecule has 1 atom stereocenters. The maximum atomic E-state index is 11.8. The summed E-state index contributed by atoms with van der Waals surface area (Å²) in [5, 5.41) is 3.87. The number of primary amides is 1. The highest BCUT2D eigenvalue weighted by molar-refractivity contribution is 6.07. The molecule has 1 aliphatic carbocycles. The van der Waals surface area contributed by atoms with Crippen molar-refractivity contribution in [2.45, 2.75) is 33.1 Å². The molecule has 16 heavy (non-hydrogen) atoms. The highest BCUT2D eigenvalue weighted by Crippen LogP contribution is 2.36. The third kappa shape index (κ3) is 2.50. The van der Waals surface area contributed by atoms with Crippen LogP contribution in [0.5, 0.6) is 0 Å². The summed E-state index contributed by atoms with van der Waals surface area (Å²) >= 11 is 0. The lowest BCUT2D eigenvalue weighted by Crippen LogP contribution is -2.36. The lowest BCUT2D eigenvalue weighted by Gasteiger charge is -2.21. The molecule has 3 N–H and O–H groups in total. The number of hydrogen-bond acceptors (Lipinski definition) is 4. The van der Waals surface area contributed by atoms with Gasteiger partial charge in [-0.15, -0.1) is 0 Å². The fourth-order valence-electron chi connectivity index (χ4n) is 1.84. The predicted molar refractivity (Wildman–Crippen MR) is 58.7 cm³/mol. The number of nitrogens with one attached hydrogen (secondary N) is 1. The first-order chi connectivity index (χ1) is 7.50. The van der Waals surface area contributed by atoms with E-state index < -0.39 is 11.4 Å². The Morgan fingerprint density at radius 2 is 2.31 bits per heavy atom. The van der Waals surface area contributed by atoms with E-state index in [9.17, 15) is 9.59 Å². The normalized spacial score (nSPS) is 26.8. The number of amides is 2. The van der Waals surface area contributed by atoms with Gasteiger partial charge in [-0.1, -0.05) is 0 Å². The first-order valence-corrected chi connectivity index (χ1v) is 5.30. The van der Waals surface area contributed by atoms with Crippen LogP contribution in [-0.2, 0) is 9.53 Å². The van der Waals surface area contributed by atoms with E-state index in [1.807, 2.05) is 0 Å². The topological polar surface area (TPSA) is 93.8 Å². The van der Waals surface area contributed by atoms with Crippen LogP contribution >= 0.6 is 0 Å². The first kappa shape index (κ1) is 12.5. The zero-order chi connectivity index (χ0) is 12.2. The van der Waals surface area contributed by atoms with E-state index in [1.165, 1.54) is 0 Å². The number of carbonyl (C=O) groups is 2. The van der Waals surface area contributed by atoms with Gasteiger partial charge in [0, 0.05) is 0 Å². The number of ether oxygens (including phenoxy) is 1. The highest BCUT2D eigenvalue weighted by Gasteiger charge is 2.43. The van der Waals surface area contributed by atoms with E-state index in [4.69, 9.17) is 10.5 Å². The second-order valence-electron chi connectivity index (χ2n) is 3.94. The summed E-state index contributed by atoms with van der Waals surface area (Å²) < 4.78 is 5.00. The summed E-state index contributed by atoms with van der Waals surface area (Å²) in [6.45, 7) is 3.87. The summed E-state index contributed by atoms with van der Waals surface area (Å²) in [6, 6.07) is -0.731. The van der Waals surface area contributed by atoms with E-state index in [2.05, 4.69) is 10.5 Å². The molecule has 90 valence electrons. The Morgan fingerprint density at radius 1 is 1.62 bits per heavy atom. The SMILES string of the molecule is CCOC(=O)C1(C)CCC/C1=N\NC(N)=O. The van der Waals surface area contributed by atoms with E-state index in [0.717, 1.165) is 6.42 Å². The smallest absolute Gasteiger partial charge is 0.332 e. The molecule has 1 unspecified atom stereocenters. The third-order valence-corrected chi connectivity index (χ3v) is 2.75. The zero-order valence-corrected chi connectivity index (χ0v) is 9.58. The van der Waals surface area contributed by atoms with Gasteiger partial charge in [-0.05, 0) is 33.1 Å². The van der Waals surface area contributed by atoms with Gasteiger partial charge >= 0.3 is 12.0 Å². The quantitative estimate of drug-likeness (QED) is 0.550. The monoisotopic (exact) mass is 227 g/mol. The van der Waals surface area contributed by atoms with Crippen molar-refractivity contribution in [3.05, 3.63) is 0 Å². The molecule has 6 heteroatoms. The van der Waals surface area contributed by atoms with Crippen LogP contribution < -0.4 is 11.2 Å². The number of esters is 1. The van der Waals surface area contributed by atoms with Gasteiger partial charge in [-0.3, -0.25) is 4.79 Å². The van der Waals surface area contributed by atoms with Gasteiger partial charge in [-0.2, -0.15) is 5.10 Å². The lowest BCUT2D eigenvalue weighted by molar-refractivity contribution is -0.150. The standard InChI is InChI=1S/C10H17N3O3/c1-3-16-8(14)10(2)6-4-5-7(10)12-13-9(11)15/h3-6H2,1-2H3,(H3,11,13,15)/b12-7+. The molecule has 1 aliphatic rings.